The van der Waals surface area contributed by atoms with Crippen molar-refractivity contribution in [2.45, 2.75) is 39.0 Å². The maximum atomic E-state index is 6.03. The van der Waals surface area contributed by atoms with E-state index in [0.29, 0.717) is 12.6 Å². The van der Waals surface area contributed by atoms with Crippen molar-refractivity contribution < 1.29 is 9.47 Å². The van der Waals surface area contributed by atoms with Crippen molar-refractivity contribution in [3.05, 3.63) is 71.8 Å². The van der Waals surface area contributed by atoms with Gasteiger partial charge in [0.2, 0.25) is 0 Å². The van der Waals surface area contributed by atoms with E-state index in [1.807, 2.05) is 24.3 Å². The number of nitrogens with one attached hydrogen (secondary N) is 1. The first-order valence-corrected chi connectivity index (χ1v) is 10.1. The molecule has 1 saturated heterocycles. The maximum Gasteiger partial charge on any atom is 0.161 e. The Balaban J connectivity index is 1.52. The van der Waals surface area contributed by atoms with Gasteiger partial charge in [-0.2, -0.15) is 0 Å². The van der Waals surface area contributed by atoms with Crippen molar-refractivity contribution >= 4 is 0 Å². The number of hydrogen-bond acceptors (Lipinski definition) is 4. The Labute approximate surface area is 169 Å². The second-order valence-corrected chi connectivity index (χ2v) is 7.65. The highest BCUT2D eigenvalue weighted by atomic mass is 16.5. The Morgan fingerprint density at radius 3 is 2.50 bits per heavy atom. The Morgan fingerprint density at radius 2 is 1.82 bits per heavy atom. The van der Waals surface area contributed by atoms with Crippen molar-refractivity contribution in [1.82, 2.24) is 10.2 Å². The van der Waals surface area contributed by atoms with Gasteiger partial charge in [-0.15, -0.1) is 0 Å². The quantitative estimate of drug-likeness (QED) is 0.654. The zero-order chi connectivity index (χ0) is 19.8. The summed E-state index contributed by atoms with van der Waals surface area (Å²) < 4.78 is 11.5. The van der Waals surface area contributed by atoms with Gasteiger partial charge in [0.1, 0.15) is 6.61 Å². The van der Waals surface area contributed by atoms with E-state index < -0.39 is 0 Å². The zero-order valence-corrected chi connectivity index (χ0v) is 17.1. The first kappa shape index (κ1) is 20.4. The molecule has 4 nitrogen and oxygen atoms in total. The summed E-state index contributed by atoms with van der Waals surface area (Å²) in [6.07, 6.45) is 2.36. The molecule has 0 unspecified atom stereocenters. The average Bonchev–Trinajstić information content (AvgIpc) is 2.72. The molecule has 0 saturated carbocycles. The lowest BCUT2D eigenvalue weighted by molar-refractivity contribution is 0.211. The summed E-state index contributed by atoms with van der Waals surface area (Å²) in [6, 6.07) is 17.0. The summed E-state index contributed by atoms with van der Waals surface area (Å²) in [5.74, 6) is 1.56. The van der Waals surface area contributed by atoms with Gasteiger partial charge < -0.3 is 14.8 Å². The number of rotatable bonds is 9. The molecule has 1 N–H and O–H groups in total. The standard InChI is InChI=1S/C24H32N2O2/c1-19(2)17-26-13-11-22(12-14-26)25-16-21-9-10-23(27-3)24(15-21)28-18-20-7-5-4-6-8-20/h4-10,15,22,25H,1,11-14,16-18H2,2-3H3. The Kier molecular flexibility index (Phi) is 7.52. The second-order valence-electron chi connectivity index (χ2n) is 7.65. The Bertz CT molecular complexity index is 752. The molecule has 28 heavy (non-hydrogen) atoms. The minimum Gasteiger partial charge on any atom is -0.493 e. The van der Waals surface area contributed by atoms with E-state index in [9.17, 15) is 0 Å². The van der Waals surface area contributed by atoms with Gasteiger partial charge in [0, 0.05) is 19.1 Å². The van der Waals surface area contributed by atoms with Crippen LogP contribution in [-0.2, 0) is 13.2 Å². The molecule has 0 aromatic heterocycles. The highest BCUT2D eigenvalue weighted by Gasteiger charge is 2.18. The molecular formula is C24H32N2O2. The summed E-state index contributed by atoms with van der Waals surface area (Å²) in [5, 5.41) is 3.70. The van der Waals surface area contributed by atoms with Gasteiger partial charge >= 0.3 is 0 Å². The minimum atomic E-state index is 0.537. The van der Waals surface area contributed by atoms with E-state index in [1.165, 1.54) is 24.0 Å². The van der Waals surface area contributed by atoms with Crippen molar-refractivity contribution in [2.75, 3.05) is 26.7 Å². The average molecular weight is 381 g/mol. The smallest absolute Gasteiger partial charge is 0.161 e. The van der Waals surface area contributed by atoms with Crippen LogP contribution >= 0.6 is 0 Å². The molecule has 0 amide bonds. The largest absolute Gasteiger partial charge is 0.493 e. The highest BCUT2D eigenvalue weighted by molar-refractivity contribution is 5.43. The SMILES string of the molecule is C=C(C)CN1CCC(NCc2ccc(OC)c(OCc3ccccc3)c2)CC1. The first-order chi connectivity index (χ1) is 13.6. The van der Waals surface area contributed by atoms with Crippen LogP contribution in [0.4, 0.5) is 0 Å². The number of ether oxygens (including phenoxy) is 2. The molecule has 0 bridgehead atoms. The summed E-state index contributed by atoms with van der Waals surface area (Å²) in [5.41, 5.74) is 3.61. The van der Waals surface area contributed by atoms with Gasteiger partial charge in [0.25, 0.3) is 0 Å². The Hall–Kier alpha value is -2.30. The van der Waals surface area contributed by atoms with Crippen LogP contribution < -0.4 is 14.8 Å². The van der Waals surface area contributed by atoms with Crippen molar-refractivity contribution in [3.63, 3.8) is 0 Å². The molecular weight excluding hydrogens is 348 g/mol. The molecule has 3 rings (SSSR count). The molecule has 0 radical (unpaired) electrons. The van der Waals surface area contributed by atoms with Crippen LogP contribution in [0.2, 0.25) is 0 Å². The number of benzene rings is 2. The van der Waals surface area contributed by atoms with Gasteiger partial charge in [0.15, 0.2) is 11.5 Å². The van der Waals surface area contributed by atoms with E-state index in [2.05, 4.69) is 48.0 Å². The highest BCUT2D eigenvalue weighted by Crippen LogP contribution is 2.29. The van der Waals surface area contributed by atoms with Crippen LogP contribution in [0, 0.1) is 0 Å². The topological polar surface area (TPSA) is 33.7 Å². The Morgan fingerprint density at radius 1 is 1.07 bits per heavy atom. The third-order valence-electron chi connectivity index (χ3n) is 5.14. The summed E-state index contributed by atoms with van der Waals surface area (Å²) in [6.45, 7) is 10.8. The molecule has 1 aliphatic heterocycles. The van der Waals surface area contributed by atoms with Crippen molar-refractivity contribution in [3.8, 4) is 11.5 Å². The molecule has 1 heterocycles. The van der Waals surface area contributed by atoms with Crippen LogP contribution in [0.3, 0.4) is 0 Å². The predicted octanol–water partition coefficient (Wildman–Crippen LogP) is 4.40. The van der Waals surface area contributed by atoms with E-state index in [1.54, 1.807) is 7.11 Å². The van der Waals surface area contributed by atoms with E-state index in [0.717, 1.165) is 43.2 Å². The van der Waals surface area contributed by atoms with Crippen LogP contribution in [0.25, 0.3) is 0 Å². The summed E-state index contributed by atoms with van der Waals surface area (Å²) >= 11 is 0. The number of methoxy groups -OCH3 is 1. The molecule has 4 heteroatoms. The van der Waals surface area contributed by atoms with Gasteiger partial charge in [-0.3, -0.25) is 4.90 Å². The fraction of sp³-hybridized carbons (Fsp3) is 0.417. The van der Waals surface area contributed by atoms with Crippen molar-refractivity contribution in [2.24, 2.45) is 0 Å². The molecule has 150 valence electrons. The lowest BCUT2D eigenvalue weighted by Gasteiger charge is -2.32. The van der Waals surface area contributed by atoms with Crippen LogP contribution in [0.15, 0.2) is 60.7 Å². The van der Waals surface area contributed by atoms with Crippen LogP contribution in [0.5, 0.6) is 11.5 Å². The number of nitrogens with zero attached hydrogens (tertiary/aromatic N) is 1. The van der Waals surface area contributed by atoms with Gasteiger partial charge in [0.05, 0.1) is 7.11 Å². The number of piperidine rings is 1. The fourth-order valence-corrected chi connectivity index (χ4v) is 3.62. The van der Waals surface area contributed by atoms with Crippen LogP contribution in [0.1, 0.15) is 30.9 Å². The normalized spacial score (nSPS) is 15.4. The molecule has 0 spiro atoms. The van der Waals surface area contributed by atoms with Crippen LogP contribution in [-0.4, -0.2) is 37.7 Å². The molecule has 2 aromatic carbocycles. The zero-order valence-electron chi connectivity index (χ0n) is 17.1. The molecule has 2 aromatic rings. The van der Waals surface area contributed by atoms with E-state index >= 15 is 0 Å². The monoisotopic (exact) mass is 380 g/mol. The predicted molar refractivity (Wildman–Crippen MR) is 115 cm³/mol. The third-order valence-corrected chi connectivity index (χ3v) is 5.14. The fourth-order valence-electron chi connectivity index (χ4n) is 3.62. The van der Waals surface area contributed by atoms with Gasteiger partial charge in [-0.1, -0.05) is 48.6 Å². The van der Waals surface area contributed by atoms with E-state index in [-0.39, 0.29) is 0 Å². The number of likely N-dealkylation sites (tertiary alicyclic amines) is 1. The summed E-state index contributed by atoms with van der Waals surface area (Å²) in [4.78, 5) is 2.49. The maximum absolute atomic E-state index is 6.03. The van der Waals surface area contributed by atoms with Gasteiger partial charge in [-0.25, -0.2) is 0 Å². The minimum absolute atomic E-state index is 0.537. The molecule has 0 atom stereocenters. The lowest BCUT2D eigenvalue weighted by Crippen LogP contribution is -2.42. The number of hydrogen-bond donors (Lipinski definition) is 1. The van der Waals surface area contributed by atoms with E-state index in [4.69, 9.17) is 9.47 Å². The second kappa shape index (κ2) is 10.3. The first-order valence-electron chi connectivity index (χ1n) is 10.1. The molecule has 1 aliphatic rings. The lowest BCUT2D eigenvalue weighted by atomic mass is 10.0. The third kappa shape index (κ3) is 6.11. The molecule has 0 aliphatic carbocycles. The van der Waals surface area contributed by atoms with Crippen molar-refractivity contribution in [1.29, 1.82) is 0 Å². The van der Waals surface area contributed by atoms with Gasteiger partial charge in [-0.05, 0) is 56.1 Å². The molecule has 1 fully saturated rings. The summed E-state index contributed by atoms with van der Waals surface area (Å²) in [7, 11) is 1.68.